The predicted molar refractivity (Wildman–Crippen MR) is 74.2 cm³/mol. The molecule has 0 saturated heterocycles. The number of rotatable bonds is 3. The number of carbonyl (C=O) groups excluding carboxylic acids is 1. The third-order valence-electron chi connectivity index (χ3n) is 2.52. The van der Waals surface area contributed by atoms with E-state index in [0.717, 1.165) is 0 Å². The monoisotopic (exact) mass is 297 g/mol. The van der Waals surface area contributed by atoms with E-state index in [1.807, 2.05) is 0 Å². The number of aliphatic hydroxyl groups is 1. The molecule has 2 rings (SSSR count). The zero-order valence-corrected chi connectivity index (χ0v) is 11.6. The molecule has 0 saturated carbocycles. The topological polar surface area (TPSA) is 71.7 Å². The Morgan fingerprint density at radius 2 is 2.26 bits per heavy atom. The molecule has 0 amide bonds. The average molecular weight is 297 g/mol. The van der Waals surface area contributed by atoms with Crippen molar-refractivity contribution in [2.24, 2.45) is 0 Å². The van der Waals surface area contributed by atoms with Gasteiger partial charge in [0.1, 0.15) is 6.73 Å². The second-order valence-electron chi connectivity index (χ2n) is 3.68. The lowest BCUT2D eigenvalue weighted by Gasteiger charge is -2.07. The van der Waals surface area contributed by atoms with E-state index in [4.69, 9.17) is 22.1 Å². The van der Waals surface area contributed by atoms with Crippen molar-refractivity contribution in [2.45, 2.75) is 6.73 Å². The number of thiazole rings is 1. The Bertz CT molecular complexity index is 664. The van der Waals surface area contributed by atoms with E-state index in [0.29, 0.717) is 14.4 Å². The normalized spacial score (nSPS) is 16.8. The molecule has 0 aliphatic heterocycles. The van der Waals surface area contributed by atoms with Crippen molar-refractivity contribution in [1.29, 1.82) is 0 Å². The molecule has 0 aromatic carbocycles. The van der Waals surface area contributed by atoms with Gasteiger partial charge in [-0.05, 0) is 36.0 Å². The summed E-state index contributed by atoms with van der Waals surface area (Å²) in [5, 5.41) is 18.9. The van der Waals surface area contributed by atoms with Crippen molar-refractivity contribution in [1.82, 2.24) is 4.57 Å². The van der Waals surface area contributed by atoms with Crippen LogP contribution in [0, 0.1) is 3.95 Å². The van der Waals surface area contributed by atoms with Crippen LogP contribution in [-0.4, -0.2) is 27.7 Å². The number of aliphatic hydroxyl groups excluding tert-OH is 1. The summed E-state index contributed by atoms with van der Waals surface area (Å²) in [6.45, 7) is -0.377. The van der Waals surface area contributed by atoms with E-state index < -0.39 is 0 Å². The number of ketones is 1. The summed E-state index contributed by atoms with van der Waals surface area (Å²) < 4.78 is 6.53. The smallest absolute Gasteiger partial charge is 0.220 e. The highest BCUT2D eigenvalue weighted by Crippen LogP contribution is 2.29. The van der Waals surface area contributed by atoms with Crippen molar-refractivity contribution in [3.05, 3.63) is 38.4 Å². The van der Waals surface area contributed by atoms with Gasteiger partial charge in [0, 0.05) is 0 Å². The van der Waals surface area contributed by atoms with Gasteiger partial charge in [0.2, 0.25) is 11.7 Å². The van der Waals surface area contributed by atoms with E-state index in [1.54, 1.807) is 18.2 Å². The predicted octanol–water partition coefficient (Wildman–Crippen LogP) is 1.99. The lowest BCUT2D eigenvalue weighted by Crippen LogP contribution is -2.04. The molecule has 0 fully saturated rings. The highest BCUT2D eigenvalue weighted by atomic mass is 32.1. The third-order valence-corrected chi connectivity index (χ3v) is 3.91. The molecule has 1 aromatic heterocycles. The Kier molecular flexibility index (Phi) is 3.98. The minimum Gasteiger partial charge on any atom is -0.493 e. The fraction of sp³-hybridized carbons (Fsp3) is 0.167. The van der Waals surface area contributed by atoms with E-state index in [2.05, 4.69) is 0 Å². The van der Waals surface area contributed by atoms with Gasteiger partial charge in [0.05, 0.1) is 12.0 Å². The molecule has 1 aliphatic carbocycles. The molecule has 5 nitrogen and oxygen atoms in total. The molecule has 100 valence electrons. The average Bonchev–Trinajstić information content (AvgIpc) is 2.66. The third kappa shape index (κ3) is 2.67. The molecule has 1 aliphatic rings. The first kappa shape index (κ1) is 13.7. The summed E-state index contributed by atoms with van der Waals surface area (Å²) in [5.41, 5.74) is 0.702. The fourth-order valence-corrected chi connectivity index (χ4v) is 2.81. The molecule has 0 spiro atoms. The van der Waals surface area contributed by atoms with Crippen molar-refractivity contribution in [2.75, 3.05) is 7.11 Å². The Labute approximate surface area is 118 Å². The first-order chi connectivity index (χ1) is 9.06. The van der Waals surface area contributed by atoms with Crippen LogP contribution in [0.25, 0.3) is 6.08 Å². The summed E-state index contributed by atoms with van der Waals surface area (Å²) in [4.78, 5) is 11.9. The van der Waals surface area contributed by atoms with Crippen molar-refractivity contribution >= 4 is 35.4 Å². The maximum absolute atomic E-state index is 11.4. The molecule has 0 unspecified atom stereocenters. The van der Waals surface area contributed by atoms with Crippen LogP contribution in [0.1, 0.15) is 4.88 Å². The van der Waals surface area contributed by atoms with E-state index in [-0.39, 0.29) is 24.2 Å². The van der Waals surface area contributed by atoms with E-state index >= 15 is 0 Å². The Balaban J connectivity index is 2.43. The van der Waals surface area contributed by atoms with Gasteiger partial charge >= 0.3 is 0 Å². The maximum Gasteiger partial charge on any atom is 0.220 e. The van der Waals surface area contributed by atoms with Gasteiger partial charge < -0.3 is 14.9 Å². The minimum atomic E-state index is -0.377. The first-order valence-corrected chi connectivity index (χ1v) is 6.52. The summed E-state index contributed by atoms with van der Waals surface area (Å²) in [6.07, 6.45) is 6.26. The SMILES string of the molecule is COC1=C/C(=C\c2sc(=S)n(CO)c2O)C=CC1=O. The molecule has 1 heterocycles. The van der Waals surface area contributed by atoms with Gasteiger partial charge in [-0.15, -0.1) is 11.3 Å². The molecular weight excluding hydrogens is 286 g/mol. The van der Waals surface area contributed by atoms with Crippen LogP contribution in [0.5, 0.6) is 5.88 Å². The lowest BCUT2D eigenvalue weighted by molar-refractivity contribution is -0.114. The quantitative estimate of drug-likeness (QED) is 0.835. The van der Waals surface area contributed by atoms with Crippen LogP contribution < -0.4 is 0 Å². The van der Waals surface area contributed by atoms with Gasteiger partial charge in [-0.3, -0.25) is 9.36 Å². The van der Waals surface area contributed by atoms with Gasteiger partial charge in [-0.2, -0.15) is 0 Å². The summed E-state index contributed by atoms with van der Waals surface area (Å²) >= 11 is 6.18. The van der Waals surface area contributed by atoms with Crippen LogP contribution in [0.15, 0.2) is 29.6 Å². The molecule has 19 heavy (non-hydrogen) atoms. The van der Waals surface area contributed by atoms with E-state index in [1.165, 1.54) is 29.1 Å². The number of hydrogen-bond acceptors (Lipinski definition) is 6. The van der Waals surface area contributed by atoms with Gasteiger partial charge in [0.15, 0.2) is 9.71 Å². The van der Waals surface area contributed by atoms with Crippen LogP contribution in [0.3, 0.4) is 0 Å². The number of nitrogens with zero attached hydrogens (tertiary/aromatic N) is 1. The lowest BCUT2D eigenvalue weighted by atomic mass is 10.1. The zero-order chi connectivity index (χ0) is 14.0. The first-order valence-electron chi connectivity index (χ1n) is 5.30. The largest absolute Gasteiger partial charge is 0.493 e. The fourth-order valence-electron chi connectivity index (χ4n) is 1.56. The molecule has 0 radical (unpaired) electrons. The van der Waals surface area contributed by atoms with Crippen LogP contribution >= 0.6 is 23.6 Å². The van der Waals surface area contributed by atoms with Crippen molar-refractivity contribution in [3.8, 4) is 5.88 Å². The van der Waals surface area contributed by atoms with Gasteiger partial charge in [0.25, 0.3) is 0 Å². The summed E-state index contributed by atoms with van der Waals surface area (Å²) in [5.74, 6) is -0.0643. The Morgan fingerprint density at radius 3 is 2.84 bits per heavy atom. The Morgan fingerprint density at radius 1 is 1.53 bits per heavy atom. The van der Waals surface area contributed by atoms with Crippen molar-refractivity contribution < 1.29 is 19.7 Å². The molecular formula is C12H11NO4S2. The highest BCUT2D eigenvalue weighted by molar-refractivity contribution is 7.73. The second-order valence-corrected chi connectivity index (χ2v) is 5.36. The molecule has 1 aromatic rings. The minimum absolute atomic E-state index is 0.0948. The zero-order valence-electron chi connectivity index (χ0n) is 9.99. The van der Waals surface area contributed by atoms with Crippen LogP contribution in [0.4, 0.5) is 0 Å². The van der Waals surface area contributed by atoms with Gasteiger partial charge in [-0.25, -0.2) is 0 Å². The van der Waals surface area contributed by atoms with Crippen LogP contribution in [-0.2, 0) is 16.3 Å². The maximum atomic E-state index is 11.4. The number of aromatic hydroxyl groups is 1. The molecule has 7 heteroatoms. The standard InChI is InChI=1S/C12H11NO4S2/c1-17-9-4-7(2-3-8(9)15)5-10-11(16)13(6-14)12(18)19-10/h2-5,14,16H,6H2,1H3/b7-5-. The number of hydrogen-bond donors (Lipinski definition) is 2. The molecule has 0 atom stereocenters. The second kappa shape index (κ2) is 5.52. The number of allylic oxidation sites excluding steroid dienone is 4. The van der Waals surface area contributed by atoms with E-state index in [9.17, 15) is 9.90 Å². The Hall–Kier alpha value is -1.70. The molecule has 0 bridgehead atoms. The van der Waals surface area contributed by atoms with Crippen LogP contribution in [0.2, 0.25) is 0 Å². The number of ether oxygens (including phenoxy) is 1. The van der Waals surface area contributed by atoms with Crippen molar-refractivity contribution in [3.63, 3.8) is 0 Å². The number of aromatic nitrogens is 1. The number of methoxy groups -OCH3 is 1. The number of carbonyl (C=O) groups is 1. The summed E-state index contributed by atoms with van der Waals surface area (Å²) in [7, 11) is 1.42. The van der Waals surface area contributed by atoms with Gasteiger partial charge in [-0.1, -0.05) is 6.08 Å². The molecule has 2 N–H and O–H groups in total. The highest BCUT2D eigenvalue weighted by Gasteiger charge is 2.13. The summed E-state index contributed by atoms with van der Waals surface area (Å²) in [6, 6.07) is 0.